The van der Waals surface area contributed by atoms with Crippen LogP contribution in [0.25, 0.3) is 34.3 Å². The highest BCUT2D eigenvalue weighted by Crippen LogP contribution is 2.28. The molecule has 1 amide bonds. The van der Waals surface area contributed by atoms with Gasteiger partial charge in [-0.2, -0.15) is 9.40 Å². The van der Waals surface area contributed by atoms with Gasteiger partial charge in [0.15, 0.2) is 5.13 Å². The van der Waals surface area contributed by atoms with Gasteiger partial charge in [0.1, 0.15) is 5.82 Å². The number of hydrogen-bond donors (Lipinski definition) is 1. The first-order valence-corrected chi connectivity index (χ1v) is 15.7. The lowest BCUT2D eigenvalue weighted by Crippen LogP contribution is -2.40. The van der Waals surface area contributed by atoms with Crippen LogP contribution in [-0.2, 0) is 19.6 Å². The van der Waals surface area contributed by atoms with E-state index in [1.165, 1.54) is 33.9 Å². The van der Waals surface area contributed by atoms with Crippen LogP contribution in [0, 0.1) is 5.82 Å². The van der Waals surface area contributed by atoms with Crippen molar-refractivity contribution in [1.82, 2.24) is 19.1 Å². The van der Waals surface area contributed by atoms with Crippen molar-refractivity contribution < 1.29 is 22.3 Å². The van der Waals surface area contributed by atoms with Gasteiger partial charge in [0.05, 0.1) is 35.2 Å². The minimum absolute atomic E-state index is 0.211. The highest BCUT2D eigenvalue weighted by atomic mass is 32.2. The predicted molar refractivity (Wildman–Crippen MR) is 164 cm³/mol. The lowest BCUT2D eigenvalue weighted by molar-refractivity contribution is -0.111. The fraction of sp³-hybridized carbons (Fsp3) is 0.129. The molecule has 3 heterocycles. The Kier molecular flexibility index (Phi) is 8.25. The van der Waals surface area contributed by atoms with Crippen LogP contribution in [0.15, 0.2) is 101 Å². The normalized spacial score (nSPS) is 14.3. The third-order valence-corrected chi connectivity index (χ3v) is 9.46. The number of benzene rings is 3. The molecular formula is C31H26FN5O4S2. The molecule has 1 aliphatic rings. The van der Waals surface area contributed by atoms with Crippen molar-refractivity contribution in [2.75, 3.05) is 31.6 Å². The minimum Gasteiger partial charge on any atom is -0.379 e. The molecule has 1 N–H and O–H groups in total. The summed E-state index contributed by atoms with van der Waals surface area (Å²) < 4.78 is 47.7. The molecule has 0 saturated carbocycles. The first-order chi connectivity index (χ1) is 20.9. The van der Waals surface area contributed by atoms with Crippen molar-refractivity contribution in [2.45, 2.75) is 4.90 Å². The van der Waals surface area contributed by atoms with Gasteiger partial charge >= 0.3 is 0 Å². The second-order valence-electron chi connectivity index (χ2n) is 9.62. The number of para-hydroxylation sites is 1. The fourth-order valence-corrected chi connectivity index (χ4v) is 6.69. The third kappa shape index (κ3) is 6.47. The molecule has 12 heteroatoms. The molecule has 9 nitrogen and oxygen atoms in total. The van der Waals surface area contributed by atoms with E-state index in [1.807, 2.05) is 36.5 Å². The van der Waals surface area contributed by atoms with E-state index >= 15 is 0 Å². The summed E-state index contributed by atoms with van der Waals surface area (Å²) >= 11 is 1.26. The number of rotatable bonds is 8. The summed E-state index contributed by atoms with van der Waals surface area (Å²) in [6.07, 6.45) is 4.86. The summed E-state index contributed by atoms with van der Waals surface area (Å²) in [6, 6.07) is 22.1. The van der Waals surface area contributed by atoms with Crippen LogP contribution < -0.4 is 5.32 Å². The molecule has 3 aromatic carbocycles. The molecule has 2 aromatic heterocycles. The van der Waals surface area contributed by atoms with Crippen LogP contribution in [0.2, 0.25) is 0 Å². The number of sulfonamides is 1. The van der Waals surface area contributed by atoms with Gasteiger partial charge in [0.2, 0.25) is 15.9 Å². The minimum atomic E-state index is -3.59. The van der Waals surface area contributed by atoms with Gasteiger partial charge in [0.25, 0.3) is 0 Å². The summed E-state index contributed by atoms with van der Waals surface area (Å²) in [4.78, 5) is 17.5. The molecule has 0 bridgehead atoms. The van der Waals surface area contributed by atoms with Crippen LogP contribution in [-0.4, -0.2) is 59.7 Å². The molecule has 0 radical (unpaired) electrons. The van der Waals surface area contributed by atoms with Gasteiger partial charge in [-0.1, -0.05) is 30.3 Å². The van der Waals surface area contributed by atoms with E-state index in [2.05, 4.69) is 15.4 Å². The summed E-state index contributed by atoms with van der Waals surface area (Å²) in [5, 5.41) is 9.65. The molecule has 0 spiro atoms. The van der Waals surface area contributed by atoms with Gasteiger partial charge in [0, 0.05) is 47.4 Å². The van der Waals surface area contributed by atoms with E-state index in [-0.39, 0.29) is 16.6 Å². The Labute approximate surface area is 251 Å². The van der Waals surface area contributed by atoms with Crippen molar-refractivity contribution in [3.63, 3.8) is 0 Å². The van der Waals surface area contributed by atoms with Crippen LogP contribution in [0.4, 0.5) is 9.52 Å². The van der Waals surface area contributed by atoms with Crippen LogP contribution in [0.5, 0.6) is 0 Å². The number of anilines is 1. The number of carbonyl (C=O) groups excluding carboxylic acids is 1. The lowest BCUT2D eigenvalue weighted by Gasteiger charge is -2.26. The highest BCUT2D eigenvalue weighted by Gasteiger charge is 2.26. The number of amides is 1. The Morgan fingerprint density at radius 1 is 0.953 bits per heavy atom. The molecule has 0 aliphatic carbocycles. The van der Waals surface area contributed by atoms with Crippen LogP contribution in [0.1, 0.15) is 5.56 Å². The van der Waals surface area contributed by atoms with E-state index < -0.39 is 10.0 Å². The van der Waals surface area contributed by atoms with Gasteiger partial charge in [-0.3, -0.25) is 10.1 Å². The smallest absolute Gasteiger partial charge is 0.250 e. The molecule has 0 atom stereocenters. The Hall–Kier alpha value is -4.49. The number of morpholine rings is 1. The molecule has 0 unspecified atom stereocenters. The zero-order valence-electron chi connectivity index (χ0n) is 22.8. The number of nitrogens with one attached hydrogen (secondary N) is 1. The quantitative estimate of drug-likeness (QED) is 0.232. The molecular weight excluding hydrogens is 590 g/mol. The number of hydrogen-bond acceptors (Lipinski definition) is 7. The number of halogens is 1. The first-order valence-electron chi connectivity index (χ1n) is 13.4. The Morgan fingerprint density at radius 3 is 2.37 bits per heavy atom. The third-order valence-electron chi connectivity index (χ3n) is 6.79. The zero-order valence-corrected chi connectivity index (χ0v) is 24.4. The van der Waals surface area contributed by atoms with Crippen molar-refractivity contribution in [2.24, 2.45) is 0 Å². The Bertz CT molecular complexity index is 1860. The fourth-order valence-electron chi connectivity index (χ4n) is 4.56. The summed E-state index contributed by atoms with van der Waals surface area (Å²) in [7, 11) is -3.59. The van der Waals surface area contributed by atoms with Crippen LogP contribution >= 0.6 is 11.3 Å². The summed E-state index contributed by atoms with van der Waals surface area (Å²) in [6.45, 7) is 1.42. The van der Waals surface area contributed by atoms with Gasteiger partial charge in [-0.05, 0) is 54.6 Å². The number of aromatic nitrogens is 3. The molecule has 43 heavy (non-hydrogen) atoms. The number of carbonyl (C=O) groups is 1. The Balaban J connectivity index is 1.16. The van der Waals surface area contributed by atoms with E-state index in [1.54, 1.807) is 52.5 Å². The Morgan fingerprint density at radius 2 is 1.65 bits per heavy atom. The zero-order chi connectivity index (χ0) is 29.8. The van der Waals surface area contributed by atoms with Crippen LogP contribution in [0.3, 0.4) is 0 Å². The lowest BCUT2D eigenvalue weighted by atomic mass is 10.1. The summed E-state index contributed by atoms with van der Waals surface area (Å²) in [5.41, 5.74) is 4.18. The molecule has 1 aliphatic heterocycles. The second kappa shape index (κ2) is 12.4. The van der Waals surface area contributed by atoms with Gasteiger partial charge in [-0.25, -0.2) is 22.5 Å². The topological polar surface area (TPSA) is 106 Å². The van der Waals surface area contributed by atoms with Crippen molar-refractivity contribution in [1.29, 1.82) is 0 Å². The largest absolute Gasteiger partial charge is 0.379 e. The number of nitrogens with zero attached hydrogens (tertiary/aromatic N) is 4. The maximum Gasteiger partial charge on any atom is 0.250 e. The van der Waals surface area contributed by atoms with Crippen molar-refractivity contribution >= 4 is 38.5 Å². The molecule has 6 rings (SSSR count). The predicted octanol–water partition coefficient (Wildman–Crippen LogP) is 5.47. The standard InChI is InChI=1S/C31H26FN5O4S2/c32-25-11-6-23(7-12-25)30-24(20-37(35-30)26-4-2-1-3-5-26)10-15-29(38)34-31-33-28(21-42-31)22-8-13-27(14-9-22)43(39,40)36-16-18-41-19-17-36/h1-15,20-21H,16-19H2,(H,33,34,38)/b15-10+. The second-order valence-corrected chi connectivity index (χ2v) is 12.4. The van der Waals surface area contributed by atoms with Crippen molar-refractivity contribution in [3.05, 3.63) is 108 Å². The molecule has 218 valence electrons. The SMILES string of the molecule is O=C(/C=C/c1cn(-c2ccccc2)nc1-c1ccc(F)cc1)Nc1nc(-c2ccc(S(=O)(=O)N3CCOCC3)cc2)cs1. The van der Waals surface area contributed by atoms with Gasteiger partial charge in [-0.15, -0.1) is 11.3 Å². The summed E-state index contributed by atoms with van der Waals surface area (Å²) in [5.74, 6) is -0.732. The van der Waals surface area contributed by atoms with E-state index in [4.69, 9.17) is 4.74 Å². The molecule has 5 aromatic rings. The number of ether oxygens (including phenoxy) is 1. The first kappa shape index (κ1) is 28.6. The highest BCUT2D eigenvalue weighted by molar-refractivity contribution is 7.89. The maximum atomic E-state index is 13.6. The van der Waals surface area contributed by atoms with Crippen molar-refractivity contribution in [3.8, 4) is 28.2 Å². The average molecular weight is 616 g/mol. The maximum absolute atomic E-state index is 13.6. The van der Waals surface area contributed by atoms with E-state index in [9.17, 15) is 17.6 Å². The van der Waals surface area contributed by atoms with E-state index in [0.29, 0.717) is 53.9 Å². The number of thiazole rings is 1. The average Bonchev–Trinajstić information content (AvgIpc) is 3.69. The molecule has 1 saturated heterocycles. The molecule has 1 fully saturated rings. The van der Waals surface area contributed by atoms with Gasteiger partial charge < -0.3 is 4.74 Å². The van der Waals surface area contributed by atoms with E-state index in [0.717, 1.165) is 11.3 Å². The monoisotopic (exact) mass is 615 g/mol.